The van der Waals surface area contributed by atoms with Crippen LogP contribution in [-0.4, -0.2) is 30.9 Å². The fourth-order valence-electron chi connectivity index (χ4n) is 4.82. The van der Waals surface area contributed by atoms with Gasteiger partial charge in [-0.1, -0.05) is 17.0 Å². The summed E-state index contributed by atoms with van der Waals surface area (Å²) >= 11 is 0. The summed E-state index contributed by atoms with van der Waals surface area (Å²) in [6.45, 7) is 1.56. The van der Waals surface area contributed by atoms with Crippen molar-refractivity contribution in [2.75, 3.05) is 11.8 Å². The zero-order valence-corrected chi connectivity index (χ0v) is 22.0. The number of aromatic nitrogens is 2. The Bertz CT molecular complexity index is 1770. The molecule has 1 aliphatic carbocycles. The molecule has 2 atom stereocenters. The maximum Gasteiger partial charge on any atom is 0.263 e. The predicted molar refractivity (Wildman–Crippen MR) is 142 cm³/mol. The molecule has 0 aliphatic heterocycles. The SMILES string of the molecule is COc1cc(C#CC2CCCC(C)(F)C2)c(F)cc1-n1c(=O)ccc2cc(S(=O)(=O)Nc3ccon3)ccc21. The normalized spacial score (nSPS) is 19.3. The number of rotatable bonds is 5. The molecule has 1 fully saturated rings. The number of nitrogens with one attached hydrogen (secondary N) is 1. The van der Waals surface area contributed by atoms with E-state index in [0.717, 1.165) is 18.9 Å². The van der Waals surface area contributed by atoms with E-state index in [1.807, 2.05) is 0 Å². The summed E-state index contributed by atoms with van der Waals surface area (Å²) in [5.41, 5.74) is -1.22. The van der Waals surface area contributed by atoms with Crippen molar-refractivity contribution in [1.82, 2.24) is 9.72 Å². The van der Waals surface area contributed by atoms with Crippen LogP contribution in [0.4, 0.5) is 14.6 Å². The van der Waals surface area contributed by atoms with E-state index in [4.69, 9.17) is 4.74 Å². The molecule has 1 aliphatic rings. The highest BCUT2D eigenvalue weighted by Crippen LogP contribution is 2.35. The second-order valence-electron chi connectivity index (χ2n) is 9.70. The second-order valence-corrected chi connectivity index (χ2v) is 11.4. The van der Waals surface area contributed by atoms with Crippen molar-refractivity contribution >= 4 is 26.7 Å². The molecule has 2 heterocycles. The van der Waals surface area contributed by atoms with Gasteiger partial charge in [0.05, 0.1) is 28.8 Å². The van der Waals surface area contributed by atoms with Crippen molar-refractivity contribution in [1.29, 1.82) is 0 Å². The summed E-state index contributed by atoms with van der Waals surface area (Å²) in [7, 11) is -2.60. The number of sulfonamides is 1. The van der Waals surface area contributed by atoms with Gasteiger partial charge in [0, 0.05) is 35.6 Å². The van der Waals surface area contributed by atoms with E-state index < -0.39 is 27.1 Å². The number of fused-ring (bicyclic) bond motifs is 1. The minimum absolute atomic E-state index is 0.0191. The van der Waals surface area contributed by atoms with Gasteiger partial charge in [0.15, 0.2) is 5.82 Å². The standard InChI is InChI=1S/C28H25F2N3O5S/c1-28(30)12-3-4-18(17-28)5-6-19-15-25(37-2)24(16-22(19)29)33-23-9-8-21(14-20(23)7-10-27(33)34)39(35,36)32-26-11-13-38-31-26/h7-11,13-16,18H,3-4,12,17H2,1-2H3,(H,31,32). The third-order valence-electron chi connectivity index (χ3n) is 6.70. The minimum Gasteiger partial charge on any atom is -0.495 e. The Labute approximate surface area is 223 Å². The maximum atomic E-state index is 15.2. The number of methoxy groups -OCH3 is 1. The first-order valence-electron chi connectivity index (χ1n) is 12.2. The molecule has 0 radical (unpaired) electrons. The van der Waals surface area contributed by atoms with Crippen LogP contribution in [-0.2, 0) is 10.0 Å². The molecule has 39 heavy (non-hydrogen) atoms. The van der Waals surface area contributed by atoms with Crippen LogP contribution in [0.25, 0.3) is 16.6 Å². The molecule has 0 saturated heterocycles. The Hall–Kier alpha value is -4.17. The Balaban J connectivity index is 1.54. The monoisotopic (exact) mass is 553 g/mol. The average Bonchev–Trinajstić information content (AvgIpc) is 3.39. The summed E-state index contributed by atoms with van der Waals surface area (Å²) < 4.78 is 68.9. The number of halogens is 2. The fraction of sp³-hybridized carbons (Fsp3) is 0.286. The summed E-state index contributed by atoms with van der Waals surface area (Å²) in [6.07, 6.45) is 3.50. The van der Waals surface area contributed by atoms with Gasteiger partial charge < -0.3 is 9.26 Å². The van der Waals surface area contributed by atoms with Crippen molar-refractivity contribution in [3.05, 3.63) is 76.5 Å². The molecule has 5 rings (SSSR count). The zero-order valence-electron chi connectivity index (χ0n) is 21.2. The Morgan fingerprint density at radius 2 is 2.03 bits per heavy atom. The number of hydrogen-bond donors (Lipinski definition) is 1. The third-order valence-corrected chi connectivity index (χ3v) is 8.05. The van der Waals surface area contributed by atoms with Gasteiger partial charge in [-0.25, -0.2) is 17.2 Å². The van der Waals surface area contributed by atoms with Crippen LogP contribution in [0, 0.1) is 23.6 Å². The highest BCUT2D eigenvalue weighted by atomic mass is 32.2. The fourth-order valence-corrected chi connectivity index (χ4v) is 5.84. The number of anilines is 1. The van der Waals surface area contributed by atoms with Gasteiger partial charge in [-0.05, 0) is 56.9 Å². The van der Waals surface area contributed by atoms with Gasteiger partial charge >= 0.3 is 0 Å². The van der Waals surface area contributed by atoms with Crippen LogP contribution in [0.15, 0.2) is 69.0 Å². The number of hydrogen-bond acceptors (Lipinski definition) is 6. The number of nitrogens with zero attached hydrogens (tertiary/aromatic N) is 2. The van der Waals surface area contributed by atoms with Crippen molar-refractivity contribution in [2.24, 2.45) is 5.92 Å². The number of ether oxygens (including phenoxy) is 1. The van der Waals surface area contributed by atoms with E-state index in [1.54, 1.807) is 6.92 Å². The van der Waals surface area contributed by atoms with Crippen LogP contribution < -0.4 is 15.0 Å². The molecule has 0 amide bonds. The van der Waals surface area contributed by atoms with E-state index in [0.29, 0.717) is 23.7 Å². The lowest BCUT2D eigenvalue weighted by Gasteiger charge is -2.29. The lowest BCUT2D eigenvalue weighted by molar-refractivity contribution is 0.111. The Kier molecular flexibility index (Phi) is 6.91. The molecular formula is C28H25F2N3O5S. The highest BCUT2D eigenvalue weighted by Gasteiger charge is 2.31. The van der Waals surface area contributed by atoms with Crippen LogP contribution in [0.1, 0.15) is 38.2 Å². The lowest BCUT2D eigenvalue weighted by Crippen LogP contribution is -2.26. The molecule has 2 aromatic carbocycles. The van der Waals surface area contributed by atoms with Crippen LogP contribution >= 0.6 is 0 Å². The van der Waals surface area contributed by atoms with Crippen LogP contribution in [0.5, 0.6) is 5.75 Å². The minimum atomic E-state index is -3.99. The Morgan fingerprint density at radius 1 is 1.21 bits per heavy atom. The second kappa shape index (κ2) is 10.2. The molecule has 2 aromatic heterocycles. The van der Waals surface area contributed by atoms with Crippen LogP contribution in [0.2, 0.25) is 0 Å². The largest absolute Gasteiger partial charge is 0.495 e. The van der Waals surface area contributed by atoms with Crippen LogP contribution in [0.3, 0.4) is 0 Å². The summed E-state index contributed by atoms with van der Waals surface area (Å²) in [5.74, 6) is 5.18. The first-order valence-corrected chi connectivity index (χ1v) is 13.7. The Morgan fingerprint density at radius 3 is 2.74 bits per heavy atom. The molecule has 1 saturated carbocycles. The summed E-state index contributed by atoms with van der Waals surface area (Å²) in [6, 6.07) is 10.8. The van der Waals surface area contributed by atoms with Crippen molar-refractivity contribution in [3.63, 3.8) is 0 Å². The van der Waals surface area contributed by atoms with E-state index >= 15 is 4.39 Å². The smallest absolute Gasteiger partial charge is 0.263 e. The molecule has 0 bridgehead atoms. The van der Waals surface area contributed by atoms with Crippen molar-refractivity contribution in [2.45, 2.75) is 43.2 Å². The molecular weight excluding hydrogens is 528 g/mol. The van der Waals surface area contributed by atoms with E-state index in [2.05, 4.69) is 26.2 Å². The molecule has 4 aromatic rings. The lowest BCUT2D eigenvalue weighted by atomic mass is 9.80. The first kappa shape index (κ1) is 26.4. The van der Waals surface area contributed by atoms with Gasteiger partial charge in [0.1, 0.15) is 23.5 Å². The summed E-state index contributed by atoms with van der Waals surface area (Å²) in [4.78, 5) is 12.9. The zero-order chi connectivity index (χ0) is 27.8. The number of alkyl halides is 1. The number of pyridine rings is 1. The quantitative estimate of drug-likeness (QED) is 0.341. The van der Waals surface area contributed by atoms with Gasteiger partial charge in [0.25, 0.3) is 15.6 Å². The van der Waals surface area contributed by atoms with Gasteiger partial charge in [-0.2, -0.15) is 0 Å². The molecule has 2 unspecified atom stereocenters. The van der Waals surface area contributed by atoms with Crippen molar-refractivity contribution < 1.29 is 26.5 Å². The van der Waals surface area contributed by atoms with Gasteiger partial charge in [-0.15, -0.1) is 0 Å². The highest BCUT2D eigenvalue weighted by molar-refractivity contribution is 7.92. The van der Waals surface area contributed by atoms with E-state index in [1.165, 1.54) is 60.4 Å². The third kappa shape index (κ3) is 5.52. The average molecular weight is 554 g/mol. The molecule has 1 N–H and O–H groups in total. The predicted octanol–water partition coefficient (Wildman–Crippen LogP) is 5.20. The van der Waals surface area contributed by atoms with E-state index in [9.17, 15) is 17.6 Å². The maximum absolute atomic E-state index is 15.2. The number of benzene rings is 2. The molecule has 11 heteroatoms. The van der Waals surface area contributed by atoms with E-state index in [-0.39, 0.29) is 33.6 Å². The van der Waals surface area contributed by atoms with Crippen molar-refractivity contribution in [3.8, 4) is 23.3 Å². The van der Waals surface area contributed by atoms with Gasteiger partial charge in [-0.3, -0.25) is 14.1 Å². The molecule has 202 valence electrons. The first-order chi connectivity index (χ1) is 18.6. The topological polar surface area (TPSA) is 103 Å². The summed E-state index contributed by atoms with van der Waals surface area (Å²) in [5, 5.41) is 3.96. The molecule has 0 spiro atoms. The molecule has 8 nitrogen and oxygen atoms in total. The van der Waals surface area contributed by atoms with Gasteiger partial charge in [0.2, 0.25) is 0 Å².